The predicted octanol–water partition coefficient (Wildman–Crippen LogP) is 3.30. The van der Waals surface area contributed by atoms with Gasteiger partial charge in [-0.15, -0.1) is 0 Å². The number of rotatable bonds is 5. The van der Waals surface area contributed by atoms with Crippen LogP contribution in [-0.4, -0.2) is 57.3 Å². The van der Waals surface area contributed by atoms with E-state index in [1.807, 2.05) is 43.3 Å². The molecule has 4 rings (SSSR count). The number of nitrogens with zero attached hydrogens (tertiary/aromatic N) is 4. The van der Waals surface area contributed by atoms with E-state index in [4.69, 9.17) is 20.6 Å². The standard InChI is InChI=1S/C26H33N7O2/c1-26(2,3)20-7-6-16(23(27)28)14-21(20)35-25-31-9-8-22(32-25)34-19-13-17(24-29-10-11-30-24)12-18(15-19)33(4)5/h6-7,12-15H,8-11H2,1-5H3,(H3,27,28)(H,29,30). The first-order valence-corrected chi connectivity index (χ1v) is 11.7. The summed E-state index contributed by atoms with van der Waals surface area (Å²) in [7, 11) is 3.98. The highest BCUT2D eigenvalue weighted by Crippen LogP contribution is 2.33. The molecule has 0 saturated carbocycles. The lowest BCUT2D eigenvalue weighted by Gasteiger charge is -2.23. The summed E-state index contributed by atoms with van der Waals surface area (Å²) in [6, 6.07) is 11.8. The Morgan fingerprint density at radius 3 is 2.51 bits per heavy atom. The quantitative estimate of drug-likeness (QED) is 0.453. The minimum Gasteiger partial charge on any atom is -0.443 e. The Hall–Kier alpha value is -3.88. The van der Waals surface area contributed by atoms with Crippen LogP contribution in [0.4, 0.5) is 5.69 Å². The van der Waals surface area contributed by atoms with Crippen LogP contribution in [0.2, 0.25) is 0 Å². The molecule has 0 amide bonds. The van der Waals surface area contributed by atoms with Crippen LogP contribution in [0.5, 0.6) is 11.5 Å². The van der Waals surface area contributed by atoms with E-state index < -0.39 is 0 Å². The molecule has 0 bridgehead atoms. The molecule has 35 heavy (non-hydrogen) atoms. The Morgan fingerprint density at radius 2 is 1.86 bits per heavy atom. The number of nitrogens with one attached hydrogen (secondary N) is 2. The number of amidine groups is 3. The van der Waals surface area contributed by atoms with E-state index in [0.717, 1.165) is 35.7 Å². The molecule has 184 valence electrons. The summed E-state index contributed by atoms with van der Waals surface area (Å²) in [6.07, 6.45) is 0.563. The van der Waals surface area contributed by atoms with Gasteiger partial charge in [-0.05, 0) is 23.6 Å². The molecule has 0 saturated heterocycles. The molecule has 2 heterocycles. The zero-order valence-corrected chi connectivity index (χ0v) is 21.0. The molecule has 0 atom stereocenters. The molecule has 0 aromatic heterocycles. The second kappa shape index (κ2) is 9.77. The van der Waals surface area contributed by atoms with Crippen molar-refractivity contribution in [3.05, 3.63) is 53.1 Å². The number of hydrogen-bond donors (Lipinski definition) is 3. The Labute approximate surface area is 206 Å². The van der Waals surface area contributed by atoms with E-state index in [2.05, 4.69) is 47.1 Å². The van der Waals surface area contributed by atoms with Crippen LogP contribution in [0, 0.1) is 5.41 Å². The molecule has 0 aliphatic carbocycles. The minimum atomic E-state index is -0.178. The summed E-state index contributed by atoms with van der Waals surface area (Å²) in [5, 5.41) is 11.1. The molecule has 2 aliphatic rings. The van der Waals surface area contributed by atoms with Crippen molar-refractivity contribution in [3.63, 3.8) is 0 Å². The number of benzene rings is 2. The maximum Gasteiger partial charge on any atom is 0.320 e. The van der Waals surface area contributed by atoms with Gasteiger partial charge >= 0.3 is 6.02 Å². The maximum atomic E-state index is 7.79. The third kappa shape index (κ3) is 5.79. The first kappa shape index (κ1) is 24.3. The summed E-state index contributed by atoms with van der Waals surface area (Å²) in [6.45, 7) is 8.40. The van der Waals surface area contributed by atoms with Gasteiger partial charge in [0.2, 0.25) is 5.90 Å². The van der Waals surface area contributed by atoms with Crippen molar-refractivity contribution in [2.75, 3.05) is 38.6 Å². The topological polar surface area (TPSA) is 121 Å². The Balaban J connectivity index is 1.60. The van der Waals surface area contributed by atoms with E-state index in [1.54, 1.807) is 6.07 Å². The number of ether oxygens (including phenoxy) is 2. The fourth-order valence-electron chi connectivity index (χ4n) is 3.83. The molecular weight excluding hydrogens is 442 g/mol. The lowest BCUT2D eigenvalue weighted by molar-refractivity contribution is 0.483. The molecule has 0 radical (unpaired) electrons. The van der Waals surface area contributed by atoms with Gasteiger partial charge in [-0.25, -0.2) is 4.99 Å². The third-order valence-electron chi connectivity index (χ3n) is 5.69. The predicted molar refractivity (Wildman–Crippen MR) is 142 cm³/mol. The van der Waals surface area contributed by atoms with Crippen molar-refractivity contribution in [2.45, 2.75) is 32.6 Å². The Kier molecular flexibility index (Phi) is 6.77. The largest absolute Gasteiger partial charge is 0.443 e. The zero-order chi connectivity index (χ0) is 25.2. The maximum absolute atomic E-state index is 7.79. The van der Waals surface area contributed by atoms with Crippen molar-refractivity contribution < 1.29 is 9.47 Å². The van der Waals surface area contributed by atoms with Crippen molar-refractivity contribution in [1.82, 2.24) is 5.32 Å². The van der Waals surface area contributed by atoms with Gasteiger partial charge in [-0.3, -0.25) is 10.4 Å². The van der Waals surface area contributed by atoms with E-state index in [-0.39, 0.29) is 17.3 Å². The average molecular weight is 476 g/mol. The van der Waals surface area contributed by atoms with Gasteiger partial charge in [0.15, 0.2) is 0 Å². The molecular formula is C26H33N7O2. The lowest BCUT2D eigenvalue weighted by atomic mass is 9.85. The fraction of sp³-hybridized carbons (Fsp3) is 0.385. The first-order chi connectivity index (χ1) is 16.6. The second-order valence-electron chi connectivity index (χ2n) is 9.77. The molecule has 0 unspecified atom stereocenters. The fourth-order valence-corrected chi connectivity index (χ4v) is 3.83. The van der Waals surface area contributed by atoms with Gasteiger partial charge in [-0.2, -0.15) is 4.99 Å². The molecule has 9 nitrogen and oxygen atoms in total. The van der Waals surface area contributed by atoms with Crippen molar-refractivity contribution >= 4 is 29.3 Å². The third-order valence-corrected chi connectivity index (χ3v) is 5.69. The average Bonchev–Trinajstić information content (AvgIpc) is 3.33. The van der Waals surface area contributed by atoms with Gasteiger partial charge < -0.3 is 25.4 Å². The van der Waals surface area contributed by atoms with E-state index in [9.17, 15) is 0 Å². The SMILES string of the molecule is CN(C)c1cc(OC2=NC(Oc3cc(C(=N)N)ccc3C(C)(C)C)=NCC2)cc(C2=NCCN2)c1. The number of anilines is 1. The Morgan fingerprint density at radius 1 is 1.06 bits per heavy atom. The molecule has 2 aromatic rings. The van der Waals surface area contributed by atoms with Gasteiger partial charge in [0.25, 0.3) is 0 Å². The highest BCUT2D eigenvalue weighted by atomic mass is 16.5. The number of nitrogens with two attached hydrogens (primary N) is 1. The van der Waals surface area contributed by atoms with Crippen LogP contribution < -0.4 is 25.4 Å². The zero-order valence-electron chi connectivity index (χ0n) is 21.0. The highest BCUT2D eigenvalue weighted by Gasteiger charge is 2.22. The normalized spacial score (nSPS) is 15.5. The van der Waals surface area contributed by atoms with Crippen LogP contribution in [-0.2, 0) is 5.41 Å². The first-order valence-electron chi connectivity index (χ1n) is 11.7. The molecule has 4 N–H and O–H groups in total. The smallest absolute Gasteiger partial charge is 0.320 e. The summed E-state index contributed by atoms with van der Waals surface area (Å²) in [4.78, 5) is 15.6. The van der Waals surface area contributed by atoms with Gasteiger partial charge in [-0.1, -0.05) is 32.9 Å². The molecule has 0 spiro atoms. The molecule has 2 aromatic carbocycles. The van der Waals surface area contributed by atoms with E-state index >= 15 is 0 Å². The molecule has 9 heteroatoms. The van der Waals surface area contributed by atoms with Crippen LogP contribution in [0.25, 0.3) is 0 Å². The summed E-state index contributed by atoms with van der Waals surface area (Å²) >= 11 is 0. The van der Waals surface area contributed by atoms with Crippen molar-refractivity contribution in [2.24, 2.45) is 20.7 Å². The number of nitrogen functional groups attached to an aromatic ring is 1. The molecule has 0 fully saturated rings. The van der Waals surface area contributed by atoms with Crippen molar-refractivity contribution in [3.8, 4) is 11.5 Å². The minimum absolute atomic E-state index is 0.0219. The van der Waals surface area contributed by atoms with Gasteiger partial charge in [0, 0.05) is 55.5 Å². The van der Waals surface area contributed by atoms with Gasteiger partial charge in [0.05, 0.1) is 13.1 Å². The van der Waals surface area contributed by atoms with Crippen molar-refractivity contribution in [1.29, 1.82) is 5.41 Å². The summed E-state index contributed by atoms with van der Waals surface area (Å²) in [5.41, 5.74) is 9.07. The van der Waals surface area contributed by atoms with E-state index in [0.29, 0.717) is 35.9 Å². The molecule has 2 aliphatic heterocycles. The van der Waals surface area contributed by atoms with Gasteiger partial charge in [0.1, 0.15) is 23.2 Å². The number of aliphatic imine (C=N–C) groups is 3. The summed E-state index contributed by atoms with van der Waals surface area (Å²) in [5.74, 6) is 2.63. The van der Waals surface area contributed by atoms with Crippen LogP contribution in [0.15, 0.2) is 51.4 Å². The van der Waals surface area contributed by atoms with Crippen LogP contribution in [0.1, 0.15) is 43.9 Å². The highest BCUT2D eigenvalue weighted by molar-refractivity contribution is 6.01. The van der Waals surface area contributed by atoms with Crippen LogP contribution in [0.3, 0.4) is 0 Å². The lowest BCUT2D eigenvalue weighted by Crippen LogP contribution is -2.23. The summed E-state index contributed by atoms with van der Waals surface area (Å²) < 4.78 is 12.3. The van der Waals surface area contributed by atoms with E-state index in [1.165, 1.54) is 0 Å². The number of hydrogen-bond acceptors (Lipinski definition) is 8. The Bertz CT molecular complexity index is 1220. The second-order valence-corrected chi connectivity index (χ2v) is 9.77. The van der Waals surface area contributed by atoms with Crippen LogP contribution >= 0.6 is 0 Å². The monoisotopic (exact) mass is 475 g/mol.